The van der Waals surface area contributed by atoms with Gasteiger partial charge in [0, 0.05) is 37.6 Å². The normalized spacial score (nSPS) is 10.8. The van der Waals surface area contributed by atoms with E-state index in [0.717, 1.165) is 11.3 Å². The Hall–Kier alpha value is -2.38. The molecule has 0 spiro atoms. The predicted octanol–water partition coefficient (Wildman–Crippen LogP) is 3.24. The van der Waals surface area contributed by atoms with Crippen molar-refractivity contribution >= 4 is 34.5 Å². The van der Waals surface area contributed by atoms with E-state index < -0.39 is 0 Å². The minimum atomic E-state index is -0.273. The maximum atomic E-state index is 12.4. The molecule has 3 aromatic rings. The zero-order chi connectivity index (χ0) is 17.3. The van der Waals surface area contributed by atoms with Gasteiger partial charge in [0.25, 0.3) is 11.5 Å². The Morgan fingerprint density at radius 1 is 1.38 bits per heavy atom. The standard InChI is InChI=1S/C16H15ClN4O2S/c1-3-21-9-10(4-5-14(21)22)18-16(23)13-8-11(15(17)24-13)12-6-7-20(2)19-12/h4-9H,3H2,1-2H3,(H,18,23). The second-order valence-electron chi connectivity index (χ2n) is 5.17. The summed E-state index contributed by atoms with van der Waals surface area (Å²) < 4.78 is 3.71. The summed E-state index contributed by atoms with van der Waals surface area (Å²) in [6.07, 6.45) is 3.44. The smallest absolute Gasteiger partial charge is 0.265 e. The molecule has 1 N–H and O–H groups in total. The lowest BCUT2D eigenvalue weighted by molar-refractivity contribution is 0.103. The summed E-state index contributed by atoms with van der Waals surface area (Å²) in [5.41, 5.74) is 1.90. The molecule has 1 amide bonds. The van der Waals surface area contributed by atoms with Crippen LogP contribution in [0.4, 0.5) is 5.69 Å². The number of anilines is 1. The van der Waals surface area contributed by atoms with Crippen LogP contribution < -0.4 is 10.9 Å². The fourth-order valence-corrected chi connectivity index (χ4v) is 3.45. The van der Waals surface area contributed by atoms with Gasteiger partial charge in [0.05, 0.1) is 16.3 Å². The first-order valence-electron chi connectivity index (χ1n) is 7.29. The summed E-state index contributed by atoms with van der Waals surface area (Å²) in [7, 11) is 1.82. The molecule has 3 heterocycles. The summed E-state index contributed by atoms with van der Waals surface area (Å²) in [5, 5.41) is 7.08. The van der Waals surface area contributed by atoms with Gasteiger partial charge in [-0.05, 0) is 25.1 Å². The average molecular weight is 363 g/mol. The summed E-state index contributed by atoms with van der Waals surface area (Å²) in [4.78, 5) is 24.5. The van der Waals surface area contributed by atoms with Gasteiger partial charge in [-0.25, -0.2) is 0 Å². The first-order chi connectivity index (χ1) is 11.5. The Labute approximate surface area is 147 Å². The van der Waals surface area contributed by atoms with Crippen molar-refractivity contribution in [3.05, 3.63) is 56.2 Å². The van der Waals surface area contributed by atoms with E-state index in [0.29, 0.717) is 21.4 Å². The zero-order valence-corrected chi connectivity index (χ0v) is 14.7. The molecule has 0 saturated heterocycles. The highest BCUT2D eigenvalue weighted by Gasteiger charge is 2.16. The first kappa shape index (κ1) is 16.5. The van der Waals surface area contributed by atoms with Gasteiger partial charge in [-0.1, -0.05) is 11.6 Å². The molecule has 24 heavy (non-hydrogen) atoms. The maximum absolute atomic E-state index is 12.4. The lowest BCUT2D eigenvalue weighted by Gasteiger charge is -2.06. The molecule has 0 radical (unpaired) electrons. The van der Waals surface area contributed by atoms with E-state index >= 15 is 0 Å². The molecule has 0 aliphatic rings. The van der Waals surface area contributed by atoms with E-state index in [9.17, 15) is 9.59 Å². The number of aryl methyl sites for hydroxylation is 2. The van der Waals surface area contributed by atoms with Gasteiger partial charge in [-0.15, -0.1) is 11.3 Å². The van der Waals surface area contributed by atoms with Crippen molar-refractivity contribution in [1.82, 2.24) is 14.3 Å². The molecule has 8 heteroatoms. The number of rotatable bonds is 4. The fraction of sp³-hybridized carbons (Fsp3) is 0.188. The van der Waals surface area contributed by atoms with E-state index in [4.69, 9.17) is 11.6 Å². The molecule has 0 aliphatic carbocycles. The van der Waals surface area contributed by atoms with Crippen LogP contribution in [-0.4, -0.2) is 20.3 Å². The number of pyridine rings is 1. The number of thiophene rings is 1. The molecule has 3 rings (SSSR count). The SMILES string of the molecule is CCn1cc(NC(=O)c2cc(-c3ccn(C)n3)c(Cl)s2)ccc1=O. The van der Waals surface area contributed by atoms with Crippen LogP contribution in [0.2, 0.25) is 4.34 Å². The van der Waals surface area contributed by atoms with Gasteiger partial charge in [-0.3, -0.25) is 14.3 Å². The Morgan fingerprint density at radius 2 is 2.17 bits per heavy atom. The summed E-state index contributed by atoms with van der Waals surface area (Å²) in [5.74, 6) is -0.273. The van der Waals surface area contributed by atoms with Crippen molar-refractivity contribution in [3.8, 4) is 11.3 Å². The quantitative estimate of drug-likeness (QED) is 0.774. The van der Waals surface area contributed by atoms with Crippen molar-refractivity contribution < 1.29 is 4.79 Å². The van der Waals surface area contributed by atoms with Crippen LogP contribution in [0.3, 0.4) is 0 Å². The third-order valence-corrected chi connectivity index (χ3v) is 4.84. The van der Waals surface area contributed by atoms with Crippen LogP contribution in [0.1, 0.15) is 16.6 Å². The number of hydrogen-bond donors (Lipinski definition) is 1. The molecule has 0 fully saturated rings. The summed E-state index contributed by atoms with van der Waals surface area (Å²) in [6.45, 7) is 2.41. The number of halogens is 1. The highest BCUT2D eigenvalue weighted by molar-refractivity contribution is 7.18. The fourth-order valence-electron chi connectivity index (χ4n) is 2.26. The van der Waals surface area contributed by atoms with Crippen molar-refractivity contribution in [3.63, 3.8) is 0 Å². The third kappa shape index (κ3) is 3.27. The second-order valence-corrected chi connectivity index (χ2v) is 6.82. The monoisotopic (exact) mass is 362 g/mol. The molecule has 0 aromatic carbocycles. The molecule has 0 aliphatic heterocycles. The van der Waals surface area contributed by atoms with Crippen LogP contribution in [0, 0.1) is 0 Å². The zero-order valence-electron chi connectivity index (χ0n) is 13.1. The van der Waals surface area contributed by atoms with Crippen LogP contribution in [0.25, 0.3) is 11.3 Å². The highest BCUT2D eigenvalue weighted by atomic mass is 35.5. The Bertz CT molecular complexity index is 957. The average Bonchev–Trinajstić information content (AvgIpc) is 3.15. The molecular formula is C16H15ClN4O2S. The lowest BCUT2D eigenvalue weighted by Crippen LogP contribution is -2.19. The van der Waals surface area contributed by atoms with Crippen LogP contribution in [0.15, 0.2) is 41.5 Å². The van der Waals surface area contributed by atoms with Crippen LogP contribution in [0.5, 0.6) is 0 Å². The number of carbonyl (C=O) groups is 1. The first-order valence-corrected chi connectivity index (χ1v) is 8.48. The van der Waals surface area contributed by atoms with Crippen LogP contribution >= 0.6 is 22.9 Å². The van der Waals surface area contributed by atoms with Crippen molar-refractivity contribution in [2.75, 3.05) is 5.32 Å². The molecule has 0 saturated carbocycles. The number of amides is 1. The third-order valence-electron chi connectivity index (χ3n) is 3.48. The van der Waals surface area contributed by atoms with Crippen molar-refractivity contribution in [1.29, 1.82) is 0 Å². The van der Waals surface area contributed by atoms with E-state index in [1.165, 1.54) is 22.0 Å². The minimum Gasteiger partial charge on any atom is -0.320 e. The number of aromatic nitrogens is 3. The molecular weight excluding hydrogens is 348 g/mol. The summed E-state index contributed by atoms with van der Waals surface area (Å²) >= 11 is 7.44. The molecule has 124 valence electrons. The van der Waals surface area contributed by atoms with Gasteiger partial charge in [0.1, 0.15) is 4.34 Å². The molecule has 0 atom stereocenters. The van der Waals surface area contributed by atoms with E-state index in [-0.39, 0.29) is 11.5 Å². The Balaban J connectivity index is 1.84. The predicted molar refractivity (Wildman–Crippen MR) is 95.9 cm³/mol. The molecule has 0 bridgehead atoms. The van der Waals surface area contributed by atoms with Gasteiger partial charge >= 0.3 is 0 Å². The van der Waals surface area contributed by atoms with Crippen molar-refractivity contribution in [2.45, 2.75) is 13.5 Å². The lowest BCUT2D eigenvalue weighted by atomic mass is 10.2. The van der Waals surface area contributed by atoms with E-state index in [1.807, 2.05) is 26.2 Å². The van der Waals surface area contributed by atoms with Crippen LogP contribution in [-0.2, 0) is 13.6 Å². The van der Waals surface area contributed by atoms with Gasteiger partial charge in [-0.2, -0.15) is 5.10 Å². The molecule has 6 nitrogen and oxygen atoms in total. The topological polar surface area (TPSA) is 68.9 Å². The number of nitrogens with zero attached hydrogens (tertiary/aromatic N) is 3. The van der Waals surface area contributed by atoms with Gasteiger partial charge in [0.2, 0.25) is 0 Å². The highest BCUT2D eigenvalue weighted by Crippen LogP contribution is 2.35. The Morgan fingerprint density at radius 3 is 2.83 bits per heavy atom. The number of hydrogen-bond acceptors (Lipinski definition) is 4. The largest absolute Gasteiger partial charge is 0.320 e. The van der Waals surface area contributed by atoms with E-state index in [1.54, 1.807) is 23.0 Å². The minimum absolute atomic E-state index is 0.105. The molecule has 0 unspecified atom stereocenters. The number of nitrogens with one attached hydrogen (secondary N) is 1. The number of carbonyl (C=O) groups excluding carboxylic acids is 1. The van der Waals surface area contributed by atoms with Gasteiger partial charge < -0.3 is 9.88 Å². The maximum Gasteiger partial charge on any atom is 0.265 e. The van der Waals surface area contributed by atoms with E-state index in [2.05, 4.69) is 10.4 Å². The van der Waals surface area contributed by atoms with Crippen molar-refractivity contribution in [2.24, 2.45) is 7.05 Å². The van der Waals surface area contributed by atoms with Gasteiger partial charge in [0.15, 0.2) is 0 Å². The summed E-state index contributed by atoms with van der Waals surface area (Å²) in [6, 6.07) is 6.58. The molecule has 3 aromatic heterocycles. The Kier molecular flexibility index (Phi) is 4.55. The second kappa shape index (κ2) is 6.62.